The van der Waals surface area contributed by atoms with Crippen molar-refractivity contribution in [2.24, 2.45) is 0 Å². The van der Waals surface area contributed by atoms with Gasteiger partial charge in [-0.25, -0.2) is 4.68 Å². The Morgan fingerprint density at radius 1 is 0.933 bits per heavy atom. The monoisotopic (exact) mass is 617 g/mol. The summed E-state index contributed by atoms with van der Waals surface area (Å²) in [6.45, 7) is 0.718. The fourth-order valence-electron chi connectivity index (χ4n) is 5.89. The molecule has 9 nitrogen and oxygen atoms in total. The lowest BCUT2D eigenvalue weighted by Crippen LogP contribution is -2.39. The van der Waals surface area contributed by atoms with Gasteiger partial charge in [0.25, 0.3) is 17.7 Å². The van der Waals surface area contributed by atoms with Crippen molar-refractivity contribution in [3.8, 4) is 11.4 Å². The minimum atomic E-state index is -4.83. The van der Waals surface area contributed by atoms with Crippen LogP contribution < -0.4 is 9.64 Å². The molecule has 0 aliphatic carbocycles. The van der Waals surface area contributed by atoms with Gasteiger partial charge in [0.15, 0.2) is 5.69 Å². The molecule has 0 bridgehead atoms. The topological polar surface area (TPSA) is 88.0 Å². The van der Waals surface area contributed by atoms with Gasteiger partial charge in [-0.1, -0.05) is 24.3 Å². The van der Waals surface area contributed by atoms with Crippen LogP contribution >= 0.6 is 0 Å². The van der Waals surface area contributed by atoms with Gasteiger partial charge < -0.3 is 19.4 Å². The van der Waals surface area contributed by atoms with Crippen molar-refractivity contribution in [1.82, 2.24) is 19.6 Å². The molecule has 3 heterocycles. The standard InChI is InChI=1S/C33H30F3N5O4/c1-38(2)30(42)21-8-10-23(11-9-21)40-17-15-25-28(32(40)44)41(37-29(25)33(34,35)36)27-13-12-24(45-3)18-26(27)31(43)39-16-14-20-6-4-5-7-22(20)19-39/h4-13,18H,14-17,19H2,1-3H3. The quantitative estimate of drug-likeness (QED) is 0.315. The summed E-state index contributed by atoms with van der Waals surface area (Å²) in [4.78, 5) is 44.8. The molecule has 232 valence electrons. The first kappa shape index (κ1) is 29.9. The van der Waals surface area contributed by atoms with Gasteiger partial charge in [0.05, 0.1) is 18.4 Å². The third kappa shape index (κ3) is 5.41. The highest BCUT2D eigenvalue weighted by molar-refractivity contribution is 6.08. The van der Waals surface area contributed by atoms with E-state index in [1.807, 2.05) is 24.3 Å². The molecule has 0 N–H and O–H groups in total. The lowest BCUT2D eigenvalue weighted by atomic mass is 9.99. The van der Waals surface area contributed by atoms with Crippen LogP contribution in [0.3, 0.4) is 0 Å². The van der Waals surface area contributed by atoms with Crippen molar-refractivity contribution in [3.05, 3.63) is 106 Å². The Labute approximate surface area is 257 Å². The number of halogens is 3. The zero-order valence-corrected chi connectivity index (χ0v) is 24.9. The lowest BCUT2D eigenvalue weighted by molar-refractivity contribution is -0.141. The summed E-state index contributed by atoms with van der Waals surface area (Å²) in [6, 6.07) is 18.5. The van der Waals surface area contributed by atoms with Crippen LogP contribution in [0.15, 0.2) is 66.7 Å². The normalized spacial score (nSPS) is 14.6. The molecular formula is C33H30F3N5O4. The number of rotatable bonds is 5. The van der Waals surface area contributed by atoms with E-state index in [9.17, 15) is 27.6 Å². The molecule has 0 saturated carbocycles. The number of amides is 3. The van der Waals surface area contributed by atoms with E-state index in [4.69, 9.17) is 4.74 Å². The molecule has 0 fully saturated rings. The molecule has 0 atom stereocenters. The van der Waals surface area contributed by atoms with Gasteiger partial charge in [-0.05, 0) is 66.4 Å². The summed E-state index contributed by atoms with van der Waals surface area (Å²) in [7, 11) is 4.66. The van der Waals surface area contributed by atoms with E-state index in [0.717, 1.165) is 15.8 Å². The van der Waals surface area contributed by atoms with E-state index in [1.165, 1.54) is 35.1 Å². The maximum absolute atomic E-state index is 14.3. The molecule has 3 aromatic carbocycles. The van der Waals surface area contributed by atoms with Crippen molar-refractivity contribution in [3.63, 3.8) is 0 Å². The number of methoxy groups -OCH3 is 1. The van der Waals surface area contributed by atoms with E-state index in [2.05, 4.69) is 5.10 Å². The second-order valence-corrected chi connectivity index (χ2v) is 11.2. The zero-order valence-electron chi connectivity index (χ0n) is 24.9. The Kier molecular flexibility index (Phi) is 7.59. The average Bonchev–Trinajstić information content (AvgIpc) is 3.45. The molecule has 0 radical (unpaired) electrons. The molecule has 0 spiro atoms. The first-order valence-electron chi connectivity index (χ1n) is 14.3. The minimum Gasteiger partial charge on any atom is -0.497 e. The van der Waals surface area contributed by atoms with Crippen LogP contribution in [-0.2, 0) is 25.6 Å². The summed E-state index contributed by atoms with van der Waals surface area (Å²) < 4.78 is 49.3. The van der Waals surface area contributed by atoms with Crippen LogP contribution in [0.25, 0.3) is 5.69 Å². The van der Waals surface area contributed by atoms with Crippen LogP contribution in [-0.4, -0.2) is 71.6 Å². The average molecular weight is 618 g/mol. The molecule has 3 amide bonds. The van der Waals surface area contributed by atoms with E-state index < -0.39 is 23.7 Å². The number of carbonyl (C=O) groups excluding carboxylic acids is 3. The Balaban J connectivity index is 1.44. The fourth-order valence-corrected chi connectivity index (χ4v) is 5.89. The number of aromatic nitrogens is 2. The molecular weight excluding hydrogens is 587 g/mol. The van der Waals surface area contributed by atoms with Crippen LogP contribution in [0.2, 0.25) is 0 Å². The third-order valence-corrected chi connectivity index (χ3v) is 8.20. The first-order chi connectivity index (χ1) is 21.5. The van der Waals surface area contributed by atoms with Gasteiger partial charge in [-0.3, -0.25) is 14.4 Å². The van der Waals surface area contributed by atoms with Gasteiger partial charge in [0.1, 0.15) is 11.4 Å². The number of hydrogen-bond donors (Lipinski definition) is 0. The fraction of sp³-hybridized carbons (Fsp3) is 0.273. The molecule has 0 saturated heterocycles. The van der Waals surface area contributed by atoms with Gasteiger partial charge in [-0.2, -0.15) is 18.3 Å². The smallest absolute Gasteiger partial charge is 0.435 e. The maximum atomic E-state index is 14.3. The zero-order chi connectivity index (χ0) is 32.0. The predicted molar refractivity (Wildman–Crippen MR) is 160 cm³/mol. The van der Waals surface area contributed by atoms with Crippen molar-refractivity contribution in [2.75, 3.05) is 39.2 Å². The Bertz CT molecular complexity index is 1810. The van der Waals surface area contributed by atoms with Crippen LogP contribution in [0, 0.1) is 0 Å². The number of fused-ring (bicyclic) bond motifs is 2. The van der Waals surface area contributed by atoms with Gasteiger partial charge >= 0.3 is 6.18 Å². The van der Waals surface area contributed by atoms with Crippen molar-refractivity contribution < 1.29 is 32.3 Å². The highest BCUT2D eigenvalue weighted by atomic mass is 19.4. The van der Waals surface area contributed by atoms with Gasteiger partial charge in [0, 0.05) is 50.5 Å². The predicted octanol–water partition coefficient (Wildman–Crippen LogP) is 5.00. The van der Waals surface area contributed by atoms with Crippen molar-refractivity contribution in [2.45, 2.75) is 25.6 Å². The SMILES string of the molecule is COc1ccc(-n2nc(C(F)(F)F)c3c2C(=O)N(c2ccc(C(=O)N(C)C)cc2)CC3)c(C(=O)N2CCc3ccccc3C2)c1. The number of alkyl halides is 3. The number of anilines is 1. The van der Waals surface area contributed by atoms with Crippen molar-refractivity contribution >= 4 is 23.4 Å². The molecule has 12 heteroatoms. The number of carbonyl (C=O) groups is 3. The minimum absolute atomic E-state index is 0.0246. The van der Waals surface area contributed by atoms with Gasteiger partial charge in [0.2, 0.25) is 0 Å². The molecule has 1 aromatic heterocycles. The molecule has 2 aliphatic heterocycles. The number of benzene rings is 3. The summed E-state index contributed by atoms with van der Waals surface area (Å²) >= 11 is 0. The van der Waals surface area contributed by atoms with Crippen molar-refractivity contribution in [1.29, 1.82) is 0 Å². The lowest BCUT2D eigenvalue weighted by Gasteiger charge is -2.30. The third-order valence-electron chi connectivity index (χ3n) is 8.20. The summed E-state index contributed by atoms with van der Waals surface area (Å²) in [5, 5.41) is 3.93. The summed E-state index contributed by atoms with van der Waals surface area (Å²) in [5.41, 5.74) is 1.36. The molecule has 0 unspecified atom stereocenters. The number of ether oxygens (including phenoxy) is 1. The van der Waals surface area contributed by atoms with Crippen LogP contribution in [0.4, 0.5) is 18.9 Å². The molecule has 2 aliphatic rings. The molecule has 4 aromatic rings. The van der Waals surface area contributed by atoms with E-state index in [1.54, 1.807) is 43.3 Å². The first-order valence-corrected chi connectivity index (χ1v) is 14.3. The largest absolute Gasteiger partial charge is 0.497 e. The molecule has 45 heavy (non-hydrogen) atoms. The van der Waals surface area contributed by atoms with E-state index >= 15 is 0 Å². The second kappa shape index (κ2) is 11.4. The Hall–Kier alpha value is -5.13. The van der Waals surface area contributed by atoms with E-state index in [0.29, 0.717) is 36.5 Å². The Morgan fingerprint density at radius 3 is 2.31 bits per heavy atom. The maximum Gasteiger partial charge on any atom is 0.435 e. The van der Waals surface area contributed by atoms with Crippen LogP contribution in [0.5, 0.6) is 5.75 Å². The van der Waals surface area contributed by atoms with E-state index in [-0.39, 0.29) is 41.4 Å². The summed E-state index contributed by atoms with van der Waals surface area (Å²) in [6.07, 6.45) is -4.32. The number of nitrogens with zero attached hydrogens (tertiary/aromatic N) is 5. The Morgan fingerprint density at radius 2 is 1.64 bits per heavy atom. The second-order valence-electron chi connectivity index (χ2n) is 11.2. The van der Waals surface area contributed by atoms with Crippen LogP contribution in [0.1, 0.15) is 53.6 Å². The highest BCUT2D eigenvalue weighted by Crippen LogP contribution is 2.38. The molecule has 6 rings (SSSR count). The summed E-state index contributed by atoms with van der Waals surface area (Å²) in [5.74, 6) is -1.02. The number of hydrogen-bond acceptors (Lipinski definition) is 5. The highest BCUT2D eigenvalue weighted by Gasteiger charge is 2.44. The van der Waals surface area contributed by atoms with Gasteiger partial charge in [-0.15, -0.1) is 0 Å².